The predicted octanol–water partition coefficient (Wildman–Crippen LogP) is 1.26. The highest BCUT2D eigenvalue weighted by Gasteiger charge is 2.49. The fourth-order valence-corrected chi connectivity index (χ4v) is 8.79. The molecule has 3 rings (SSSR count). The number of aliphatic hydroxyl groups is 5. The van der Waals surface area contributed by atoms with Gasteiger partial charge in [-0.2, -0.15) is 0 Å². The van der Waals surface area contributed by atoms with E-state index in [-0.39, 0.29) is 38.1 Å². The molecule has 3 aliphatic rings. The van der Waals surface area contributed by atoms with E-state index in [0.29, 0.717) is 6.42 Å². The Hall–Kier alpha value is -1.42. The Bertz CT molecular complexity index is 1230. The van der Waals surface area contributed by atoms with Crippen molar-refractivity contribution in [1.82, 2.24) is 4.90 Å². The van der Waals surface area contributed by atoms with Crippen LogP contribution in [0, 0.1) is 29.6 Å². The number of rotatable bonds is 13. The Kier molecular flexibility index (Phi) is 20.8. The van der Waals surface area contributed by atoms with Crippen LogP contribution in [0.4, 0.5) is 0 Å². The van der Waals surface area contributed by atoms with Crippen molar-refractivity contribution in [2.75, 3.05) is 49.1 Å². The van der Waals surface area contributed by atoms with Gasteiger partial charge in [-0.15, -0.1) is 0 Å². The maximum atomic E-state index is 13.9. The molecule has 3 fully saturated rings. The van der Waals surface area contributed by atoms with Crippen molar-refractivity contribution < 1.29 is 77.8 Å². The van der Waals surface area contributed by atoms with Crippen molar-refractivity contribution in [3.63, 3.8) is 0 Å². The number of aliphatic hydroxyl groups excluding tert-OH is 5. The first kappa shape index (κ1) is 50.9. The zero-order valence-electron chi connectivity index (χ0n) is 36.7. The van der Waals surface area contributed by atoms with E-state index in [2.05, 4.69) is 0 Å². The lowest BCUT2D eigenvalue weighted by molar-refractivity contribution is -0.307. The van der Waals surface area contributed by atoms with Crippen LogP contribution in [0.2, 0.25) is 0 Å². The molecular weight excluding hydrogens is 762 g/mol. The second-order valence-electron chi connectivity index (χ2n) is 16.9. The number of nitrogens with zero attached hydrogens (tertiary/aromatic N) is 1. The lowest BCUT2D eigenvalue weighted by atomic mass is 9.78. The van der Waals surface area contributed by atoms with Crippen molar-refractivity contribution in [2.24, 2.45) is 29.6 Å². The van der Waals surface area contributed by atoms with Crippen LogP contribution in [0.1, 0.15) is 80.1 Å². The third kappa shape index (κ3) is 12.8. The van der Waals surface area contributed by atoms with Gasteiger partial charge in [0.2, 0.25) is 0 Å². The molecule has 340 valence electrons. The molecule has 17 heteroatoms. The van der Waals surface area contributed by atoms with Gasteiger partial charge in [0.1, 0.15) is 36.3 Å². The smallest absolute Gasteiger partial charge is 0.308 e. The molecule has 5 N–H and O–H groups in total. The first-order valence-electron chi connectivity index (χ1n) is 20.8. The Morgan fingerprint density at radius 3 is 1.97 bits per heavy atom. The minimum Gasteiger partial charge on any atom is -0.462 e. The lowest BCUT2D eigenvalue weighted by Crippen LogP contribution is -2.63. The average Bonchev–Trinajstić information content (AvgIpc) is 3.18. The molecule has 0 radical (unpaired) electrons. The maximum absolute atomic E-state index is 13.9. The number of likely N-dealkylation sites (N-methyl/N-ethyl adjacent to an activating group) is 1. The monoisotopic (exact) mass is 838 g/mol. The Balaban J connectivity index is 2.00. The number of Topliss-reactive ketones (excluding diaryl/α,β-unsaturated/α-hetero) is 1. The number of hydrogen-bond donors (Lipinski definition) is 5. The summed E-state index contributed by atoms with van der Waals surface area (Å²) in [5.74, 6) is -3.78. The van der Waals surface area contributed by atoms with Crippen LogP contribution in [0.15, 0.2) is 0 Å². The van der Waals surface area contributed by atoms with E-state index in [1.807, 2.05) is 20.8 Å². The number of esters is 1. The van der Waals surface area contributed by atoms with Gasteiger partial charge in [0.25, 0.3) is 0 Å². The largest absolute Gasteiger partial charge is 0.462 e. The predicted molar refractivity (Wildman–Crippen MR) is 209 cm³/mol. The number of carbonyl (C=O) groups is 2. The van der Waals surface area contributed by atoms with E-state index in [1.54, 1.807) is 39.8 Å². The highest BCUT2D eigenvalue weighted by molar-refractivity contribution is 5.80. The fourth-order valence-electron chi connectivity index (χ4n) is 8.79. The Labute approximate surface area is 344 Å². The number of carbonyl (C=O) groups excluding carboxylic acids is 2. The van der Waals surface area contributed by atoms with Crippen LogP contribution < -0.4 is 0 Å². The summed E-state index contributed by atoms with van der Waals surface area (Å²) in [6.07, 6.45) is -12.5. The van der Waals surface area contributed by atoms with Crippen molar-refractivity contribution in [3.8, 4) is 0 Å². The summed E-state index contributed by atoms with van der Waals surface area (Å²) in [6, 6.07) is -0.735. The molecule has 0 aromatic rings. The number of ether oxygens (including phenoxy) is 9. The summed E-state index contributed by atoms with van der Waals surface area (Å²) in [7, 11) is 9.36. The molecule has 3 aliphatic heterocycles. The van der Waals surface area contributed by atoms with Crippen LogP contribution >= 0.6 is 0 Å². The van der Waals surface area contributed by atoms with Crippen LogP contribution in [-0.4, -0.2) is 183 Å². The van der Waals surface area contributed by atoms with Gasteiger partial charge >= 0.3 is 5.97 Å². The molecule has 0 aromatic carbocycles. The minimum atomic E-state index is -1.33. The number of ketones is 1. The SMILES string of the molecule is CCC1OC(=O)C[C@@H](O)[C@H](C)C(O[C@@H]2O[C@H](C)[C@@H](O)[C@H](N(C)C)[C@H]2O)[C@@H](CC(OC)OC)C[C@@H](C)C(=O)CCC(C)[C@H](O)[C@@H]1CO[C@@H]1O[C@H](C)[C@@H](O)[C@@H](OC)[C@H]1OC. The first-order valence-corrected chi connectivity index (χ1v) is 20.8. The molecule has 0 spiro atoms. The van der Waals surface area contributed by atoms with Crippen molar-refractivity contribution in [3.05, 3.63) is 0 Å². The summed E-state index contributed by atoms with van der Waals surface area (Å²) < 4.78 is 53.2. The molecule has 58 heavy (non-hydrogen) atoms. The van der Waals surface area contributed by atoms with Crippen molar-refractivity contribution >= 4 is 11.8 Å². The normalized spacial score (nSPS) is 43.1. The van der Waals surface area contributed by atoms with E-state index < -0.39 is 134 Å². The van der Waals surface area contributed by atoms with E-state index in [1.165, 1.54) is 28.4 Å². The average molecular weight is 838 g/mol. The quantitative estimate of drug-likeness (QED) is 0.130. The summed E-state index contributed by atoms with van der Waals surface area (Å²) in [5.41, 5.74) is 0. The topological polar surface area (TPSA) is 222 Å². The third-order valence-electron chi connectivity index (χ3n) is 12.7. The zero-order valence-corrected chi connectivity index (χ0v) is 36.7. The molecule has 3 saturated heterocycles. The highest BCUT2D eigenvalue weighted by atomic mass is 16.7. The van der Waals surface area contributed by atoms with Crippen LogP contribution in [0.25, 0.3) is 0 Å². The summed E-state index contributed by atoms with van der Waals surface area (Å²) in [4.78, 5) is 29.4. The van der Waals surface area contributed by atoms with Gasteiger partial charge in [-0.3, -0.25) is 9.59 Å². The van der Waals surface area contributed by atoms with Gasteiger partial charge < -0.3 is 73.1 Å². The summed E-state index contributed by atoms with van der Waals surface area (Å²) in [5, 5.41) is 56.7. The number of cyclic esters (lactones) is 1. The van der Waals surface area contributed by atoms with Crippen molar-refractivity contribution in [1.29, 1.82) is 0 Å². The van der Waals surface area contributed by atoms with Crippen LogP contribution in [-0.2, 0) is 52.2 Å². The van der Waals surface area contributed by atoms with E-state index in [4.69, 9.17) is 42.6 Å². The van der Waals surface area contributed by atoms with Gasteiger partial charge in [-0.05, 0) is 59.0 Å². The number of hydrogen-bond acceptors (Lipinski definition) is 17. The molecule has 0 bridgehead atoms. The first-order chi connectivity index (χ1) is 27.3. The molecule has 3 unspecified atom stereocenters. The third-order valence-corrected chi connectivity index (χ3v) is 12.7. The molecule has 0 saturated carbocycles. The highest BCUT2D eigenvalue weighted by Crippen LogP contribution is 2.37. The van der Waals surface area contributed by atoms with E-state index >= 15 is 0 Å². The molecule has 3 heterocycles. The van der Waals surface area contributed by atoms with Gasteiger partial charge in [-0.25, -0.2) is 0 Å². The molecule has 0 amide bonds. The molecule has 0 aliphatic carbocycles. The Morgan fingerprint density at radius 1 is 0.793 bits per heavy atom. The molecule has 17 nitrogen and oxygen atoms in total. The second kappa shape index (κ2) is 23.7. The Morgan fingerprint density at radius 2 is 1.40 bits per heavy atom. The van der Waals surface area contributed by atoms with Gasteiger partial charge in [0, 0.05) is 59.0 Å². The summed E-state index contributed by atoms with van der Waals surface area (Å²) in [6.45, 7) is 10.4. The number of methoxy groups -OCH3 is 4. The van der Waals surface area contributed by atoms with Crippen molar-refractivity contribution in [2.45, 2.75) is 172 Å². The summed E-state index contributed by atoms with van der Waals surface area (Å²) >= 11 is 0. The van der Waals surface area contributed by atoms with E-state index in [9.17, 15) is 35.1 Å². The lowest BCUT2D eigenvalue weighted by Gasteiger charge is -2.47. The molecule has 19 atom stereocenters. The van der Waals surface area contributed by atoms with Crippen LogP contribution in [0.3, 0.4) is 0 Å². The van der Waals surface area contributed by atoms with Gasteiger partial charge in [-0.1, -0.05) is 27.7 Å². The van der Waals surface area contributed by atoms with E-state index in [0.717, 1.165) is 0 Å². The van der Waals surface area contributed by atoms with Crippen LogP contribution in [0.5, 0.6) is 0 Å². The molecular formula is C41H75NO16. The van der Waals surface area contributed by atoms with Gasteiger partial charge in [0.15, 0.2) is 18.9 Å². The minimum absolute atomic E-state index is 0.0455. The standard InChI is InChI=1S/C41H75NO16/c1-13-29-26(19-54-41-39(53-12)38(52-11)35(48)24(6)56-41)33(46)20(2)14-15-27(43)21(3)16-25(17-31(50-9)51-10)37(22(4)28(44)18-30(45)57-29)58-40-36(49)32(42(7)8)34(47)23(5)55-40/h20-26,28-29,31-41,44,46-49H,13-19H2,1-12H3/t20?,21-,22+,23-,24-,25-,26-,28-,29?,32+,33+,34-,35-,36-,37?,38-,39-,40+,41-/m1/s1. The maximum Gasteiger partial charge on any atom is 0.308 e. The molecule has 0 aromatic heterocycles. The van der Waals surface area contributed by atoms with Gasteiger partial charge in [0.05, 0.1) is 55.7 Å². The fraction of sp³-hybridized carbons (Fsp3) is 0.951. The zero-order chi connectivity index (χ0) is 43.6. The second-order valence-corrected chi connectivity index (χ2v) is 16.9.